The lowest BCUT2D eigenvalue weighted by atomic mass is 10.2. The van der Waals surface area contributed by atoms with Crippen molar-refractivity contribution in [2.24, 2.45) is 0 Å². The van der Waals surface area contributed by atoms with Crippen LogP contribution in [0.2, 0.25) is 0 Å². The highest BCUT2D eigenvalue weighted by Crippen LogP contribution is 2.21. The number of aliphatic hydroxyl groups is 1. The van der Waals surface area contributed by atoms with Crippen LogP contribution in [0.4, 0.5) is 5.82 Å². The zero-order valence-electron chi connectivity index (χ0n) is 9.42. The molecule has 5 nitrogen and oxygen atoms in total. The van der Waals surface area contributed by atoms with E-state index in [2.05, 4.69) is 9.97 Å². The Kier molecular flexibility index (Phi) is 3.20. The SMILES string of the molecule is Cc1nc(N)cc(Oc2ccc(CO)cc2)n1. The molecule has 0 aliphatic rings. The van der Waals surface area contributed by atoms with Gasteiger partial charge in [-0.25, -0.2) is 4.98 Å². The van der Waals surface area contributed by atoms with Gasteiger partial charge in [0.05, 0.1) is 6.61 Å². The predicted octanol–water partition coefficient (Wildman–Crippen LogP) is 1.65. The van der Waals surface area contributed by atoms with Crippen molar-refractivity contribution in [1.82, 2.24) is 9.97 Å². The number of nitrogens with two attached hydrogens (primary N) is 1. The van der Waals surface area contributed by atoms with Crippen LogP contribution in [0.3, 0.4) is 0 Å². The molecule has 0 unspecified atom stereocenters. The fraction of sp³-hybridized carbons (Fsp3) is 0.167. The Bertz CT molecular complexity index is 491. The summed E-state index contributed by atoms with van der Waals surface area (Å²) in [6.07, 6.45) is 0. The summed E-state index contributed by atoms with van der Waals surface area (Å²) in [5.41, 5.74) is 6.42. The van der Waals surface area contributed by atoms with Crippen LogP contribution in [0.15, 0.2) is 30.3 Å². The third-order valence-electron chi connectivity index (χ3n) is 2.16. The second-order valence-corrected chi connectivity index (χ2v) is 3.58. The van der Waals surface area contributed by atoms with E-state index in [0.29, 0.717) is 23.3 Å². The standard InChI is InChI=1S/C12H13N3O2/c1-8-14-11(13)6-12(15-8)17-10-4-2-9(7-16)3-5-10/h2-6,16H,7H2,1H3,(H2,13,14,15). The first-order chi connectivity index (χ1) is 8.17. The average molecular weight is 231 g/mol. The van der Waals surface area contributed by atoms with E-state index in [1.54, 1.807) is 37.3 Å². The molecule has 0 aliphatic heterocycles. The maximum absolute atomic E-state index is 8.91. The van der Waals surface area contributed by atoms with Gasteiger partial charge in [-0.05, 0) is 24.6 Å². The highest BCUT2D eigenvalue weighted by atomic mass is 16.5. The van der Waals surface area contributed by atoms with E-state index in [-0.39, 0.29) is 6.61 Å². The van der Waals surface area contributed by atoms with Gasteiger partial charge in [-0.15, -0.1) is 0 Å². The number of hydrogen-bond donors (Lipinski definition) is 2. The van der Waals surface area contributed by atoms with E-state index in [4.69, 9.17) is 15.6 Å². The Morgan fingerprint density at radius 1 is 1.24 bits per heavy atom. The minimum absolute atomic E-state index is 0.0137. The molecule has 1 aromatic heterocycles. The largest absolute Gasteiger partial charge is 0.439 e. The van der Waals surface area contributed by atoms with Gasteiger partial charge in [-0.1, -0.05) is 12.1 Å². The zero-order valence-corrected chi connectivity index (χ0v) is 9.42. The number of aryl methyl sites for hydroxylation is 1. The number of nitrogens with zero attached hydrogens (tertiary/aromatic N) is 2. The monoisotopic (exact) mass is 231 g/mol. The number of nitrogen functional groups attached to an aromatic ring is 1. The van der Waals surface area contributed by atoms with E-state index in [1.807, 2.05) is 0 Å². The normalized spacial score (nSPS) is 10.2. The lowest BCUT2D eigenvalue weighted by Gasteiger charge is -2.06. The van der Waals surface area contributed by atoms with Gasteiger partial charge in [-0.3, -0.25) is 0 Å². The van der Waals surface area contributed by atoms with Crippen LogP contribution in [-0.2, 0) is 6.61 Å². The molecule has 0 fully saturated rings. The van der Waals surface area contributed by atoms with Crippen LogP contribution in [0.5, 0.6) is 11.6 Å². The summed E-state index contributed by atoms with van der Waals surface area (Å²) in [4.78, 5) is 8.07. The predicted molar refractivity (Wildman–Crippen MR) is 63.6 cm³/mol. The molecule has 5 heteroatoms. The lowest BCUT2D eigenvalue weighted by molar-refractivity contribution is 0.281. The quantitative estimate of drug-likeness (QED) is 0.839. The van der Waals surface area contributed by atoms with Crippen molar-refractivity contribution in [2.75, 3.05) is 5.73 Å². The summed E-state index contributed by atoms with van der Waals surface area (Å²) in [7, 11) is 0. The van der Waals surface area contributed by atoms with Crippen molar-refractivity contribution in [3.63, 3.8) is 0 Å². The summed E-state index contributed by atoms with van der Waals surface area (Å²) >= 11 is 0. The molecule has 2 rings (SSSR count). The molecule has 0 bridgehead atoms. The van der Waals surface area contributed by atoms with Crippen LogP contribution in [0, 0.1) is 6.92 Å². The first-order valence-corrected chi connectivity index (χ1v) is 5.16. The van der Waals surface area contributed by atoms with Gasteiger partial charge in [0.1, 0.15) is 17.4 Å². The molecule has 0 aliphatic carbocycles. The Hall–Kier alpha value is -2.14. The van der Waals surface area contributed by atoms with E-state index >= 15 is 0 Å². The van der Waals surface area contributed by atoms with E-state index < -0.39 is 0 Å². The van der Waals surface area contributed by atoms with Gasteiger partial charge in [-0.2, -0.15) is 4.98 Å². The lowest BCUT2D eigenvalue weighted by Crippen LogP contribution is -1.97. The number of benzene rings is 1. The number of aliphatic hydroxyl groups excluding tert-OH is 1. The molecule has 0 saturated heterocycles. The van der Waals surface area contributed by atoms with Gasteiger partial charge in [0, 0.05) is 6.07 Å². The molecule has 0 atom stereocenters. The maximum atomic E-state index is 8.91. The van der Waals surface area contributed by atoms with E-state index in [9.17, 15) is 0 Å². The summed E-state index contributed by atoms with van der Waals surface area (Å²) in [6.45, 7) is 1.76. The van der Waals surface area contributed by atoms with Crippen LogP contribution in [0.25, 0.3) is 0 Å². The number of ether oxygens (including phenoxy) is 1. The number of hydrogen-bond acceptors (Lipinski definition) is 5. The molecule has 0 radical (unpaired) electrons. The Balaban J connectivity index is 2.19. The number of anilines is 1. The molecule has 0 saturated carbocycles. The molecule has 3 N–H and O–H groups in total. The average Bonchev–Trinajstić information content (AvgIpc) is 2.28. The Morgan fingerprint density at radius 2 is 1.94 bits per heavy atom. The van der Waals surface area contributed by atoms with Crippen molar-refractivity contribution < 1.29 is 9.84 Å². The topological polar surface area (TPSA) is 81.3 Å². The van der Waals surface area contributed by atoms with Crippen LogP contribution in [0.1, 0.15) is 11.4 Å². The van der Waals surface area contributed by atoms with Crippen molar-refractivity contribution in [1.29, 1.82) is 0 Å². The third-order valence-corrected chi connectivity index (χ3v) is 2.16. The molecule has 0 amide bonds. The first kappa shape index (κ1) is 11.3. The molecule has 1 heterocycles. The Morgan fingerprint density at radius 3 is 2.53 bits per heavy atom. The zero-order chi connectivity index (χ0) is 12.3. The van der Waals surface area contributed by atoms with Crippen LogP contribution >= 0.6 is 0 Å². The third kappa shape index (κ3) is 2.92. The summed E-state index contributed by atoms with van der Waals surface area (Å²) in [5.74, 6) is 1.98. The first-order valence-electron chi connectivity index (χ1n) is 5.16. The molecular weight excluding hydrogens is 218 g/mol. The molecule has 17 heavy (non-hydrogen) atoms. The van der Waals surface area contributed by atoms with E-state index in [1.165, 1.54) is 0 Å². The van der Waals surface area contributed by atoms with E-state index in [0.717, 1.165) is 5.56 Å². The highest BCUT2D eigenvalue weighted by molar-refractivity contribution is 5.36. The number of rotatable bonds is 3. The Labute approximate surface area is 98.9 Å². The minimum atomic E-state index is 0.0137. The van der Waals surface area contributed by atoms with Gasteiger partial charge in [0.2, 0.25) is 5.88 Å². The van der Waals surface area contributed by atoms with Gasteiger partial charge in [0.25, 0.3) is 0 Å². The van der Waals surface area contributed by atoms with Gasteiger partial charge in [0.15, 0.2) is 0 Å². The smallest absolute Gasteiger partial charge is 0.224 e. The van der Waals surface area contributed by atoms with Crippen molar-refractivity contribution in [3.8, 4) is 11.6 Å². The molecule has 88 valence electrons. The van der Waals surface area contributed by atoms with Crippen molar-refractivity contribution in [2.45, 2.75) is 13.5 Å². The summed E-state index contributed by atoms with van der Waals surface area (Å²) in [5, 5.41) is 8.91. The fourth-order valence-corrected chi connectivity index (χ4v) is 1.40. The maximum Gasteiger partial charge on any atom is 0.224 e. The van der Waals surface area contributed by atoms with Crippen molar-refractivity contribution in [3.05, 3.63) is 41.7 Å². The van der Waals surface area contributed by atoms with Gasteiger partial charge >= 0.3 is 0 Å². The van der Waals surface area contributed by atoms with Crippen LogP contribution in [-0.4, -0.2) is 15.1 Å². The summed E-state index contributed by atoms with van der Waals surface area (Å²) in [6, 6.07) is 8.66. The highest BCUT2D eigenvalue weighted by Gasteiger charge is 2.02. The molecular formula is C12H13N3O2. The second kappa shape index (κ2) is 4.80. The van der Waals surface area contributed by atoms with Crippen LogP contribution < -0.4 is 10.5 Å². The number of aromatic nitrogens is 2. The second-order valence-electron chi connectivity index (χ2n) is 3.58. The fourth-order valence-electron chi connectivity index (χ4n) is 1.40. The molecule has 0 spiro atoms. The molecule has 2 aromatic rings. The summed E-state index contributed by atoms with van der Waals surface area (Å²) < 4.78 is 5.53. The molecule has 1 aromatic carbocycles. The van der Waals surface area contributed by atoms with Crippen molar-refractivity contribution >= 4 is 5.82 Å². The van der Waals surface area contributed by atoms with Gasteiger partial charge < -0.3 is 15.6 Å². The minimum Gasteiger partial charge on any atom is -0.439 e.